The molecule has 1 amide bonds. The molecule has 1 aromatic rings. The molecule has 1 aliphatic rings. The number of nitrogens with zero attached hydrogens (tertiary/aromatic N) is 2. The predicted octanol–water partition coefficient (Wildman–Crippen LogP) is 2.49. The van der Waals surface area contributed by atoms with Gasteiger partial charge in [0.15, 0.2) is 0 Å². The van der Waals surface area contributed by atoms with E-state index in [-0.39, 0.29) is 5.91 Å². The summed E-state index contributed by atoms with van der Waals surface area (Å²) in [6, 6.07) is 4.02. The highest BCUT2D eigenvalue weighted by molar-refractivity contribution is 5.94. The molecular formula is C13H18N2O. The van der Waals surface area contributed by atoms with Crippen molar-refractivity contribution in [3.63, 3.8) is 0 Å². The maximum atomic E-state index is 12.3. The maximum Gasteiger partial charge on any atom is 0.254 e. The summed E-state index contributed by atoms with van der Waals surface area (Å²) >= 11 is 0. The number of rotatable bonds is 2. The molecule has 0 bridgehead atoms. The van der Waals surface area contributed by atoms with Crippen LogP contribution in [0.1, 0.15) is 43.0 Å². The number of carbonyl (C=O) groups excluding carboxylic acids is 1. The van der Waals surface area contributed by atoms with E-state index in [1.54, 1.807) is 24.5 Å². The molecule has 1 atom stereocenters. The Hall–Kier alpha value is -1.38. The van der Waals surface area contributed by atoms with E-state index in [1.165, 1.54) is 6.42 Å². The number of hydrogen-bond donors (Lipinski definition) is 0. The van der Waals surface area contributed by atoms with E-state index in [4.69, 9.17) is 0 Å². The second-order valence-corrected chi connectivity index (χ2v) is 4.29. The van der Waals surface area contributed by atoms with Crippen LogP contribution in [0.3, 0.4) is 0 Å². The van der Waals surface area contributed by atoms with Crippen LogP contribution < -0.4 is 0 Å². The topological polar surface area (TPSA) is 33.2 Å². The van der Waals surface area contributed by atoms with Crippen molar-refractivity contribution in [3.05, 3.63) is 30.1 Å². The average Bonchev–Trinajstić information content (AvgIpc) is 2.39. The number of pyridine rings is 1. The molecule has 1 aromatic heterocycles. The normalized spacial score (nSPS) is 20.8. The van der Waals surface area contributed by atoms with Crippen molar-refractivity contribution in [3.8, 4) is 0 Å². The van der Waals surface area contributed by atoms with E-state index >= 15 is 0 Å². The Morgan fingerprint density at radius 2 is 2.19 bits per heavy atom. The zero-order chi connectivity index (χ0) is 11.4. The molecule has 0 radical (unpaired) electrons. The first-order chi connectivity index (χ1) is 7.83. The first-order valence-corrected chi connectivity index (χ1v) is 6.04. The average molecular weight is 218 g/mol. The second-order valence-electron chi connectivity index (χ2n) is 4.29. The Kier molecular flexibility index (Phi) is 3.54. The Morgan fingerprint density at radius 3 is 2.88 bits per heavy atom. The molecule has 0 spiro atoms. The molecule has 0 aliphatic carbocycles. The Balaban J connectivity index is 2.14. The summed E-state index contributed by atoms with van der Waals surface area (Å²) in [6.07, 6.45) is 7.94. The smallest absolute Gasteiger partial charge is 0.254 e. The summed E-state index contributed by atoms with van der Waals surface area (Å²) in [7, 11) is 0. The fraction of sp³-hybridized carbons (Fsp3) is 0.538. The van der Waals surface area contributed by atoms with Gasteiger partial charge in [-0.3, -0.25) is 9.78 Å². The van der Waals surface area contributed by atoms with Gasteiger partial charge in [-0.2, -0.15) is 0 Å². The lowest BCUT2D eigenvalue weighted by atomic mass is 9.99. The second kappa shape index (κ2) is 5.10. The molecular weight excluding hydrogens is 200 g/mol. The Labute approximate surface area is 96.5 Å². The van der Waals surface area contributed by atoms with Crippen LogP contribution in [0.25, 0.3) is 0 Å². The largest absolute Gasteiger partial charge is 0.336 e. The molecule has 0 aromatic carbocycles. The number of hydrogen-bond acceptors (Lipinski definition) is 2. The number of piperidine rings is 1. The van der Waals surface area contributed by atoms with Crippen LogP contribution in [-0.2, 0) is 0 Å². The number of likely N-dealkylation sites (tertiary alicyclic amines) is 1. The third kappa shape index (κ3) is 2.23. The van der Waals surface area contributed by atoms with Gasteiger partial charge in [0.05, 0.1) is 0 Å². The fourth-order valence-corrected chi connectivity index (χ4v) is 2.35. The SMILES string of the molecule is CC[C@H]1CCCCN1C(=O)c1ccncc1. The van der Waals surface area contributed by atoms with Crippen LogP contribution in [-0.4, -0.2) is 28.4 Å². The number of amides is 1. The Bertz CT molecular complexity index is 350. The zero-order valence-electron chi connectivity index (χ0n) is 9.72. The minimum absolute atomic E-state index is 0.161. The van der Waals surface area contributed by atoms with Gasteiger partial charge >= 0.3 is 0 Å². The van der Waals surface area contributed by atoms with Crippen molar-refractivity contribution in [1.29, 1.82) is 0 Å². The molecule has 3 heteroatoms. The summed E-state index contributed by atoms with van der Waals surface area (Å²) < 4.78 is 0. The van der Waals surface area contributed by atoms with Gasteiger partial charge in [-0.25, -0.2) is 0 Å². The lowest BCUT2D eigenvalue weighted by Crippen LogP contribution is -2.43. The van der Waals surface area contributed by atoms with Gasteiger partial charge in [0.25, 0.3) is 5.91 Å². The fourth-order valence-electron chi connectivity index (χ4n) is 2.35. The van der Waals surface area contributed by atoms with Crippen molar-refractivity contribution in [2.45, 2.75) is 38.6 Å². The van der Waals surface area contributed by atoms with Crippen LogP contribution in [0.2, 0.25) is 0 Å². The third-order valence-corrected chi connectivity index (χ3v) is 3.29. The van der Waals surface area contributed by atoms with E-state index in [9.17, 15) is 4.79 Å². The Morgan fingerprint density at radius 1 is 1.44 bits per heavy atom. The van der Waals surface area contributed by atoms with Crippen molar-refractivity contribution in [2.24, 2.45) is 0 Å². The van der Waals surface area contributed by atoms with Gasteiger partial charge in [0.2, 0.25) is 0 Å². The van der Waals surface area contributed by atoms with E-state index < -0.39 is 0 Å². The summed E-state index contributed by atoms with van der Waals surface area (Å²) in [5, 5.41) is 0. The first-order valence-electron chi connectivity index (χ1n) is 6.04. The molecule has 0 saturated carbocycles. The highest BCUT2D eigenvalue weighted by Crippen LogP contribution is 2.21. The van der Waals surface area contributed by atoms with Gasteiger partial charge in [-0.1, -0.05) is 6.92 Å². The van der Waals surface area contributed by atoms with Crippen LogP contribution in [0.5, 0.6) is 0 Å². The molecule has 16 heavy (non-hydrogen) atoms. The van der Waals surface area contributed by atoms with Crippen LogP contribution in [0, 0.1) is 0 Å². The standard InChI is InChI=1S/C13H18N2O/c1-2-12-5-3-4-10-15(12)13(16)11-6-8-14-9-7-11/h6-9,12H,2-5,10H2,1H3/t12-/m0/s1. The molecule has 2 rings (SSSR count). The van der Waals surface area contributed by atoms with Gasteiger partial charge in [0, 0.05) is 30.5 Å². The number of carbonyl (C=O) groups is 1. The predicted molar refractivity (Wildman–Crippen MR) is 63.2 cm³/mol. The summed E-state index contributed by atoms with van der Waals surface area (Å²) in [5.41, 5.74) is 0.760. The van der Waals surface area contributed by atoms with Crippen LogP contribution >= 0.6 is 0 Å². The van der Waals surface area contributed by atoms with Crippen molar-refractivity contribution in [1.82, 2.24) is 9.88 Å². The van der Waals surface area contributed by atoms with E-state index in [0.717, 1.165) is 31.4 Å². The maximum absolute atomic E-state index is 12.3. The van der Waals surface area contributed by atoms with E-state index in [0.29, 0.717) is 6.04 Å². The molecule has 1 aliphatic heterocycles. The molecule has 1 fully saturated rings. The van der Waals surface area contributed by atoms with Crippen LogP contribution in [0.15, 0.2) is 24.5 Å². The quantitative estimate of drug-likeness (QED) is 0.764. The molecule has 1 saturated heterocycles. The first kappa shape index (κ1) is 11.1. The van der Waals surface area contributed by atoms with Crippen molar-refractivity contribution >= 4 is 5.91 Å². The highest BCUT2D eigenvalue weighted by atomic mass is 16.2. The molecule has 86 valence electrons. The van der Waals surface area contributed by atoms with Crippen LogP contribution in [0.4, 0.5) is 0 Å². The van der Waals surface area contributed by atoms with Gasteiger partial charge in [-0.15, -0.1) is 0 Å². The van der Waals surface area contributed by atoms with E-state index in [1.807, 2.05) is 4.90 Å². The van der Waals surface area contributed by atoms with Gasteiger partial charge in [-0.05, 0) is 37.8 Å². The summed E-state index contributed by atoms with van der Waals surface area (Å²) in [5.74, 6) is 0.161. The monoisotopic (exact) mass is 218 g/mol. The number of aromatic nitrogens is 1. The molecule has 3 nitrogen and oxygen atoms in total. The summed E-state index contributed by atoms with van der Waals surface area (Å²) in [6.45, 7) is 3.06. The zero-order valence-corrected chi connectivity index (χ0v) is 9.72. The minimum Gasteiger partial charge on any atom is -0.336 e. The summed E-state index contributed by atoms with van der Waals surface area (Å²) in [4.78, 5) is 18.2. The van der Waals surface area contributed by atoms with Gasteiger partial charge in [0.1, 0.15) is 0 Å². The van der Waals surface area contributed by atoms with E-state index in [2.05, 4.69) is 11.9 Å². The molecule has 2 heterocycles. The third-order valence-electron chi connectivity index (χ3n) is 3.29. The van der Waals surface area contributed by atoms with Gasteiger partial charge < -0.3 is 4.90 Å². The lowest BCUT2D eigenvalue weighted by molar-refractivity contribution is 0.0608. The highest BCUT2D eigenvalue weighted by Gasteiger charge is 2.25. The lowest BCUT2D eigenvalue weighted by Gasteiger charge is -2.35. The minimum atomic E-state index is 0.161. The van der Waals surface area contributed by atoms with Crippen molar-refractivity contribution < 1.29 is 4.79 Å². The molecule has 0 unspecified atom stereocenters. The van der Waals surface area contributed by atoms with Crippen molar-refractivity contribution in [2.75, 3.05) is 6.54 Å². The molecule has 0 N–H and O–H groups in total.